The highest BCUT2D eigenvalue weighted by Crippen LogP contribution is 2.15. The van der Waals surface area contributed by atoms with Gasteiger partial charge in [-0.2, -0.15) is 0 Å². The lowest BCUT2D eigenvalue weighted by Gasteiger charge is -2.10. The molecule has 0 saturated carbocycles. The van der Waals surface area contributed by atoms with Crippen LogP contribution in [0.15, 0.2) is 35.5 Å². The van der Waals surface area contributed by atoms with Gasteiger partial charge in [-0.1, -0.05) is 35.5 Å². The fourth-order valence-electron chi connectivity index (χ4n) is 1.30. The quantitative estimate of drug-likeness (QED) is 0.434. The van der Waals surface area contributed by atoms with E-state index < -0.39 is 5.92 Å². The predicted molar refractivity (Wildman–Crippen MR) is 61.3 cm³/mol. The van der Waals surface area contributed by atoms with Crippen LogP contribution in [-0.2, 0) is 14.4 Å². The Kier molecular flexibility index (Phi) is 5.05. The van der Waals surface area contributed by atoms with Gasteiger partial charge in [-0.25, -0.2) is 0 Å². The van der Waals surface area contributed by atoms with Gasteiger partial charge in [0.05, 0.1) is 12.8 Å². The van der Waals surface area contributed by atoms with Crippen LogP contribution in [0.3, 0.4) is 0 Å². The summed E-state index contributed by atoms with van der Waals surface area (Å²) in [6, 6.07) is 9.32. The number of carbonyl (C=O) groups excluding carboxylic acids is 1. The molecule has 0 N–H and O–H groups in total. The minimum Gasteiger partial charge on any atom is -0.465 e. The Morgan fingerprint density at radius 2 is 2.12 bits per heavy atom. The van der Waals surface area contributed by atoms with E-state index in [9.17, 15) is 4.79 Å². The van der Waals surface area contributed by atoms with Crippen molar-refractivity contribution in [3.05, 3.63) is 35.9 Å². The van der Waals surface area contributed by atoms with Crippen molar-refractivity contribution in [2.24, 2.45) is 5.16 Å². The molecule has 0 radical (unpaired) electrons. The van der Waals surface area contributed by atoms with Crippen molar-refractivity contribution in [2.75, 3.05) is 13.7 Å². The second-order valence-electron chi connectivity index (χ2n) is 3.08. The molecule has 0 bridgehead atoms. The molecule has 0 aliphatic rings. The number of rotatable bonds is 5. The molecule has 0 saturated heterocycles. The Hall–Kier alpha value is -1.84. The number of oxime groups is 1. The van der Waals surface area contributed by atoms with E-state index in [1.807, 2.05) is 30.3 Å². The van der Waals surface area contributed by atoms with Crippen molar-refractivity contribution in [1.29, 1.82) is 0 Å². The summed E-state index contributed by atoms with van der Waals surface area (Å²) >= 11 is 0. The van der Waals surface area contributed by atoms with E-state index in [0.717, 1.165) is 5.56 Å². The molecule has 1 unspecified atom stereocenters. The van der Waals surface area contributed by atoms with E-state index in [1.54, 1.807) is 6.92 Å². The minimum atomic E-state index is -0.513. The monoisotopic (exact) mass is 221 g/mol. The lowest BCUT2D eigenvalue weighted by atomic mass is 10.0. The second kappa shape index (κ2) is 6.61. The number of hydrogen-bond donors (Lipinski definition) is 0. The maximum atomic E-state index is 11.7. The minimum absolute atomic E-state index is 0.325. The summed E-state index contributed by atoms with van der Waals surface area (Å²) in [5.41, 5.74) is 0.835. The molecule has 0 amide bonds. The van der Waals surface area contributed by atoms with Crippen molar-refractivity contribution in [3.8, 4) is 0 Å². The van der Waals surface area contributed by atoms with E-state index in [-0.39, 0.29) is 5.97 Å². The molecular formula is C12H15NO3. The van der Waals surface area contributed by atoms with Crippen LogP contribution in [0.25, 0.3) is 0 Å². The third-order valence-electron chi connectivity index (χ3n) is 2.01. The number of nitrogens with zero attached hydrogens (tertiary/aromatic N) is 1. The molecule has 1 atom stereocenters. The average Bonchev–Trinajstić information content (AvgIpc) is 2.31. The lowest BCUT2D eigenvalue weighted by Crippen LogP contribution is -2.17. The van der Waals surface area contributed by atoms with Gasteiger partial charge in [-0.15, -0.1) is 0 Å². The molecule has 4 heteroatoms. The van der Waals surface area contributed by atoms with Gasteiger partial charge in [0.25, 0.3) is 0 Å². The van der Waals surface area contributed by atoms with Crippen LogP contribution >= 0.6 is 0 Å². The molecule has 16 heavy (non-hydrogen) atoms. The summed E-state index contributed by atoms with van der Waals surface area (Å²) in [6.45, 7) is 2.12. The summed E-state index contributed by atoms with van der Waals surface area (Å²) in [6.07, 6.45) is 1.44. The first-order chi connectivity index (χ1) is 7.79. The van der Waals surface area contributed by atoms with E-state index >= 15 is 0 Å². The summed E-state index contributed by atoms with van der Waals surface area (Å²) in [4.78, 5) is 16.3. The maximum Gasteiger partial charge on any atom is 0.319 e. The topological polar surface area (TPSA) is 47.9 Å². The number of benzene rings is 1. The SMILES string of the molecule is CCOC(=O)C(C=NOC)c1ccccc1. The normalized spacial score (nSPS) is 12.4. The van der Waals surface area contributed by atoms with Gasteiger partial charge in [-0.05, 0) is 12.5 Å². The van der Waals surface area contributed by atoms with Gasteiger partial charge in [0, 0.05) is 0 Å². The molecule has 4 nitrogen and oxygen atoms in total. The van der Waals surface area contributed by atoms with Gasteiger partial charge in [-0.3, -0.25) is 4.79 Å². The number of hydrogen-bond acceptors (Lipinski definition) is 4. The Morgan fingerprint density at radius 1 is 1.44 bits per heavy atom. The average molecular weight is 221 g/mol. The van der Waals surface area contributed by atoms with E-state index in [0.29, 0.717) is 6.61 Å². The van der Waals surface area contributed by atoms with Gasteiger partial charge >= 0.3 is 5.97 Å². The fraction of sp³-hybridized carbons (Fsp3) is 0.333. The van der Waals surface area contributed by atoms with Gasteiger partial charge in [0.15, 0.2) is 0 Å². The van der Waals surface area contributed by atoms with Gasteiger partial charge in [0.1, 0.15) is 13.0 Å². The summed E-state index contributed by atoms with van der Waals surface area (Å²) in [5, 5.41) is 3.63. The zero-order valence-corrected chi connectivity index (χ0v) is 9.42. The van der Waals surface area contributed by atoms with E-state index in [1.165, 1.54) is 13.3 Å². The molecule has 0 aliphatic carbocycles. The molecule has 0 spiro atoms. The highest BCUT2D eigenvalue weighted by atomic mass is 16.6. The van der Waals surface area contributed by atoms with E-state index in [4.69, 9.17) is 4.74 Å². The number of esters is 1. The van der Waals surface area contributed by atoms with Crippen molar-refractivity contribution in [1.82, 2.24) is 0 Å². The molecule has 0 fully saturated rings. The third kappa shape index (κ3) is 3.38. The largest absolute Gasteiger partial charge is 0.465 e. The Labute approximate surface area is 94.9 Å². The highest BCUT2D eigenvalue weighted by molar-refractivity contribution is 5.95. The zero-order chi connectivity index (χ0) is 11.8. The van der Waals surface area contributed by atoms with Gasteiger partial charge < -0.3 is 9.57 Å². The predicted octanol–water partition coefficient (Wildman–Crippen LogP) is 1.97. The summed E-state index contributed by atoms with van der Waals surface area (Å²) in [7, 11) is 1.43. The van der Waals surface area contributed by atoms with Crippen LogP contribution in [0.1, 0.15) is 18.4 Å². The number of ether oxygens (including phenoxy) is 1. The van der Waals surface area contributed by atoms with Crippen molar-refractivity contribution in [2.45, 2.75) is 12.8 Å². The lowest BCUT2D eigenvalue weighted by molar-refractivity contribution is -0.143. The molecule has 86 valence electrons. The molecule has 1 aromatic rings. The molecule has 0 aromatic heterocycles. The smallest absolute Gasteiger partial charge is 0.319 e. The first-order valence-corrected chi connectivity index (χ1v) is 5.07. The molecular weight excluding hydrogens is 206 g/mol. The van der Waals surface area contributed by atoms with E-state index in [2.05, 4.69) is 9.99 Å². The van der Waals surface area contributed by atoms with Crippen LogP contribution in [0, 0.1) is 0 Å². The Bertz CT molecular complexity index is 349. The van der Waals surface area contributed by atoms with Crippen molar-refractivity contribution >= 4 is 12.2 Å². The second-order valence-corrected chi connectivity index (χ2v) is 3.08. The summed E-state index contributed by atoms with van der Waals surface area (Å²) in [5.74, 6) is -0.837. The fourth-order valence-corrected chi connectivity index (χ4v) is 1.30. The first-order valence-electron chi connectivity index (χ1n) is 5.07. The zero-order valence-electron chi connectivity index (χ0n) is 9.42. The van der Waals surface area contributed by atoms with Gasteiger partial charge in [0.2, 0.25) is 0 Å². The van der Waals surface area contributed by atoms with Crippen molar-refractivity contribution in [3.63, 3.8) is 0 Å². The Balaban J connectivity index is 2.87. The molecule has 1 rings (SSSR count). The standard InChI is InChI=1S/C12H15NO3/c1-3-16-12(14)11(9-13-15-2)10-7-5-4-6-8-10/h4-9,11H,3H2,1-2H3. The van der Waals surface area contributed by atoms with Crippen LogP contribution in [-0.4, -0.2) is 25.9 Å². The molecule has 0 heterocycles. The van der Waals surface area contributed by atoms with Crippen LogP contribution in [0.4, 0.5) is 0 Å². The third-order valence-corrected chi connectivity index (χ3v) is 2.01. The van der Waals surface area contributed by atoms with Crippen LogP contribution in [0.2, 0.25) is 0 Å². The maximum absolute atomic E-state index is 11.7. The first kappa shape index (κ1) is 12.2. The van der Waals surface area contributed by atoms with Crippen molar-refractivity contribution < 1.29 is 14.4 Å². The molecule has 1 aromatic carbocycles. The van der Waals surface area contributed by atoms with Crippen LogP contribution < -0.4 is 0 Å². The number of carbonyl (C=O) groups is 1. The summed E-state index contributed by atoms with van der Waals surface area (Å²) < 4.78 is 4.97. The Morgan fingerprint density at radius 3 is 2.69 bits per heavy atom. The molecule has 0 aliphatic heterocycles. The van der Waals surface area contributed by atoms with Crippen LogP contribution in [0.5, 0.6) is 0 Å². The highest BCUT2D eigenvalue weighted by Gasteiger charge is 2.19.